The molecule has 2 nitrogen and oxygen atoms in total. The van der Waals surface area contributed by atoms with Crippen molar-refractivity contribution in [3.63, 3.8) is 0 Å². The third-order valence-corrected chi connectivity index (χ3v) is 2.70. The first kappa shape index (κ1) is 8.79. The second-order valence-corrected chi connectivity index (χ2v) is 3.70. The molecule has 1 aromatic carbocycles. The topological polar surface area (TPSA) is 43.1 Å². The zero-order valence-corrected chi connectivity index (χ0v) is 8.10. The molecule has 1 heterocycles. The van der Waals surface area contributed by atoms with E-state index in [4.69, 9.17) is 5.73 Å². The molecule has 0 radical (unpaired) electrons. The van der Waals surface area contributed by atoms with Crippen molar-refractivity contribution in [2.24, 2.45) is 5.73 Å². The predicted molar refractivity (Wildman–Crippen MR) is 57.9 cm³/mol. The number of hydrogen-bond acceptors (Lipinski definition) is 2. The summed E-state index contributed by atoms with van der Waals surface area (Å²) in [4.78, 5) is 10.5. The Morgan fingerprint density at radius 2 is 2.21 bits per heavy atom. The molecule has 14 heavy (non-hydrogen) atoms. The summed E-state index contributed by atoms with van der Waals surface area (Å²) in [5.41, 5.74) is 5.80. The molecule has 2 rings (SSSR count). The predicted octanol–water partition coefficient (Wildman–Crippen LogP) is 1.74. The van der Waals surface area contributed by atoms with E-state index in [-0.39, 0.29) is 0 Å². The molecule has 0 aliphatic rings. The fraction of sp³-hybridized carbons (Fsp3) is 0. The molecule has 2 N–H and O–H groups in total. The van der Waals surface area contributed by atoms with Crippen LogP contribution in [0.4, 0.5) is 0 Å². The number of hydrogen-bond donors (Lipinski definition) is 1. The molecule has 0 saturated carbocycles. The van der Waals surface area contributed by atoms with E-state index >= 15 is 0 Å². The molecule has 0 atom stereocenters. The van der Waals surface area contributed by atoms with Crippen molar-refractivity contribution in [1.82, 2.24) is 0 Å². The molecule has 1 amide bonds. The van der Waals surface area contributed by atoms with Crippen molar-refractivity contribution in [2.45, 2.75) is 0 Å². The summed E-state index contributed by atoms with van der Waals surface area (Å²) in [7, 11) is 0. The highest BCUT2D eigenvalue weighted by Gasteiger charge is 1.98. The van der Waals surface area contributed by atoms with E-state index in [1.54, 1.807) is 11.3 Å². The Kier molecular flexibility index (Phi) is 2.21. The lowest BCUT2D eigenvalue weighted by Gasteiger charge is -1.92. The summed E-state index contributed by atoms with van der Waals surface area (Å²) in [6, 6.07) is 7.81. The fourth-order valence-electron chi connectivity index (χ4n) is 1.23. The highest BCUT2D eigenvalue weighted by atomic mass is 32.1. The van der Waals surface area contributed by atoms with E-state index < -0.39 is 5.91 Å². The van der Waals surface area contributed by atoms with E-state index in [9.17, 15) is 4.79 Å². The molecule has 0 unspecified atom stereocenters. The van der Waals surface area contributed by atoms with E-state index in [0.29, 0.717) is 0 Å². The normalized spacial score (nSPS) is 9.43. The quantitative estimate of drug-likeness (QED) is 0.648. The largest absolute Gasteiger partial charge is 0.359 e. The van der Waals surface area contributed by atoms with Crippen LogP contribution in [0.5, 0.6) is 0 Å². The monoisotopic (exact) mass is 201 g/mol. The number of carbonyl (C=O) groups excluding carboxylic acids is 1. The van der Waals surface area contributed by atoms with Crippen LogP contribution in [0, 0.1) is 11.8 Å². The average molecular weight is 201 g/mol. The number of benzene rings is 1. The van der Waals surface area contributed by atoms with Gasteiger partial charge in [0, 0.05) is 21.6 Å². The van der Waals surface area contributed by atoms with Gasteiger partial charge in [-0.2, -0.15) is 0 Å². The third-order valence-electron chi connectivity index (χ3n) is 1.82. The van der Waals surface area contributed by atoms with Crippen LogP contribution in [0.3, 0.4) is 0 Å². The summed E-state index contributed by atoms with van der Waals surface area (Å²) in [6.45, 7) is 0. The van der Waals surface area contributed by atoms with Gasteiger partial charge in [-0.05, 0) is 23.6 Å². The maximum absolute atomic E-state index is 10.5. The Morgan fingerprint density at radius 3 is 3.00 bits per heavy atom. The van der Waals surface area contributed by atoms with Gasteiger partial charge < -0.3 is 5.73 Å². The fourth-order valence-corrected chi connectivity index (χ4v) is 2.04. The van der Waals surface area contributed by atoms with Gasteiger partial charge in [-0.1, -0.05) is 12.0 Å². The van der Waals surface area contributed by atoms with Crippen molar-refractivity contribution in [1.29, 1.82) is 0 Å². The van der Waals surface area contributed by atoms with Crippen molar-refractivity contribution in [3.05, 3.63) is 35.2 Å². The minimum Gasteiger partial charge on any atom is -0.359 e. The highest BCUT2D eigenvalue weighted by molar-refractivity contribution is 7.17. The molecule has 1 aromatic heterocycles. The van der Waals surface area contributed by atoms with Gasteiger partial charge in [-0.3, -0.25) is 4.79 Å². The SMILES string of the molecule is NC(=O)C#Cc1cccc2sccc12. The number of amides is 1. The van der Waals surface area contributed by atoms with E-state index in [2.05, 4.69) is 11.8 Å². The number of rotatable bonds is 0. The lowest BCUT2D eigenvalue weighted by molar-refractivity contribution is -0.112. The summed E-state index contributed by atoms with van der Waals surface area (Å²) in [6.07, 6.45) is 0. The van der Waals surface area contributed by atoms with Crippen LogP contribution in [0.25, 0.3) is 10.1 Å². The molecule has 0 bridgehead atoms. The molecular formula is C11H7NOS. The molecule has 2 aromatic rings. The minimum absolute atomic E-state index is 0.600. The first-order valence-electron chi connectivity index (χ1n) is 4.05. The smallest absolute Gasteiger partial charge is 0.293 e. The van der Waals surface area contributed by atoms with Crippen LogP contribution >= 0.6 is 11.3 Å². The molecule has 0 fully saturated rings. The van der Waals surface area contributed by atoms with E-state index in [1.165, 1.54) is 4.70 Å². The van der Waals surface area contributed by atoms with Gasteiger partial charge in [0.2, 0.25) is 0 Å². The lowest BCUT2D eigenvalue weighted by atomic mass is 10.1. The Bertz CT molecular complexity index is 545. The summed E-state index contributed by atoms with van der Waals surface area (Å²) < 4.78 is 1.17. The van der Waals surface area contributed by atoms with Gasteiger partial charge in [-0.15, -0.1) is 11.3 Å². The first-order chi connectivity index (χ1) is 6.77. The number of fused-ring (bicyclic) bond motifs is 1. The molecule has 0 aliphatic heterocycles. The van der Waals surface area contributed by atoms with Crippen LogP contribution in [-0.4, -0.2) is 5.91 Å². The van der Waals surface area contributed by atoms with Crippen molar-refractivity contribution >= 4 is 27.3 Å². The number of nitrogens with two attached hydrogens (primary N) is 1. The summed E-state index contributed by atoms with van der Waals surface area (Å²) >= 11 is 1.65. The number of thiophene rings is 1. The second-order valence-electron chi connectivity index (χ2n) is 2.75. The number of primary amides is 1. The molecule has 0 spiro atoms. The molecular weight excluding hydrogens is 194 g/mol. The van der Waals surface area contributed by atoms with Gasteiger partial charge in [0.15, 0.2) is 0 Å². The minimum atomic E-state index is -0.600. The van der Waals surface area contributed by atoms with Crippen LogP contribution in [-0.2, 0) is 4.79 Å². The van der Waals surface area contributed by atoms with Gasteiger partial charge in [0.1, 0.15) is 0 Å². The van der Waals surface area contributed by atoms with Gasteiger partial charge >= 0.3 is 0 Å². The lowest BCUT2D eigenvalue weighted by Crippen LogP contribution is -2.06. The molecule has 68 valence electrons. The molecule has 0 aliphatic carbocycles. The average Bonchev–Trinajstić information content (AvgIpc) is 2.62. The zero-order valence-electron chi connectivity index (χ0n) is 7.28. The Balaban J connectivity index is 2.58. The van der Waals surface area contributed by atoms with E-state index in [1.807, 2.05) is 29.6 Å². The van der Waals surface area contributed by atoms with E-state index in [0.717, 1.165) is 10.9 Å². The van der Waals surface area contributed by atoms with Crippen molar-refractivity contribution < 1.29 is 4.79 Å². The van der Waals surface area contributed by atoms with Gasteiger partial charge in [0.25, 0.3) is 5.91 Å². The van der Waals surface area contributed by atoms with Crippen LogP contribution in [0.15, 0.2) is 29.6 Å². The summed E-state index contributed by atoms with van der Waals surface area (Å²) in [5, 5.41) is 3.08. The molecule has 3 heteroatoms. The second kappa shape index (κ2) is 3.52. The molecule has 0 saturated heterocycles. The van der Waals surface area contributed by atoms with Crippen molar-refractivity contribution in [3.8, 4) is 11.8 Å². The maximum atomic E-state index is 10.5. The third kappa shape index (κ3) is 1.61. The summed E-state index contributed by atoms with van der Waals surface area (Å²) in [5.74, 6) is 4.49. The van der Waals surface area contributed by atoms with Crippen LogP contribution in [0.2, 0.25) is 0 Å². The van der Waals surface area contributed by atoms with Gasteiger partial charge in [0.05, 0.1) is 0 Å². The Hall–Kier alpha value is -1.79. The zero-order chi connectivity index (χ0) is 9.97. The highest BCUT2D eigenvalue weighted by Crippen LogP contribution is 2.23. The Labute approximate surface area is 85.3 Å². The van der Waals surface area contributed by atoms with Crippen molar-refractivity contribution in [2.75, 3.05) is 0 Å². The number of carbonyl (C=O) groups is 1. The first-order valence-corrected chi connectivity index (χ1v) is 4.93. The standard InChI is InChI=1S/C11H7NOS/c12-11(13)5-4-8-2-1-3-10-9(8)6-7-14-10/h1-3,6-7H,(H2,12,13). The van der Waals surface area contributed by atoms with Crippen LogP contribution < -0.4 is 5.73 Å². The van der Waals surface area contributed by atoms with Gasteiger partial charge in [-0.25, -0.2) is 0 Å². The van der Waals surface area contributed by atoms with Crippen LogP contribution in [0.1, 0.15) is 5.56 Å². The Morgan fingerprint density at radius 1 is 1.36 bits per heavy atom. The maximum Gasteiger partial charge on any atom is 0.293 e.